The Morgan fingerprint density at radius 3 is 2.62 bits per heavy atom. The van der Waals surface area contributed by atoms with Crippen molar-refractivity contribution in [1.82, 2.24) is 4.90 Å². The van der Waals surface area contributed by atoms with Gasteiger partial charge in [-0.15, -0.1) is 0 Å². The van der Waals surface area contributed by atoms with Crippen LogP contribution in [0.3, 0.4) is 0 Å². The zero-order valence-corrected chi connectivity index (χ0v) is 14.7. The molecular weight excluding hydrogens is 332 g/mol. The minimum absolute atomic E-state index is 0.192. The standard InChI is InChI=1S/C20H22N2O4/c1-22(12-16-4-7-19-20(10-16)25-9-8-24-19)13-17(23)14-26-18-5-2-15(11-21)3-6-18/h2-7,10,17,23H,8-9,12-14H2,1H3. The fourth-order valence-electron chi connectivity index (χ4n) is 2.79. The third kappa shape index (κ3) is 4.88. The number of rotatable bonds is 7. The van der Waals surface area contributed by atoms with Crippen LogP contribution >= 0.6 is 0 Å². The van der Waals surface area contributed by atoms with Gasteiger partial charge < -0.3 is 19.3 Å². The SMILES string of the molecule is CN(Cc1ccc2c(c1)OCCO2)CC(O)COc1ccc(C#N)cc1. The molecule has 1 aliphatic rings. The predicted octanol–water partition coefficient (Wildman–Crippen LogP) is 2.20. The number of benzene rings is 2. The summed E-state index contributed by atoms with van der Waals surface area (Å²) in [6.07, 6.45) is -0.618. The highest BCUT2D eigenvalue weighted by Crippen LogP contribution is 2.31. The Hall–Kier alpha value is -2.75. The van der Waals surface area contributed by atoms with E-state index in [-0.39, 0.29) is 6.61 Å². The van der Waals surface area contributed by atoms with Crippen molar-refractivity contribution in [3.63, 3.8) is 0 Å². The Morgan fingerprint density at radius 1 is 1.15 bits per heavy atom. The molecule has 0 saturated heterocycles. The van der Waals surface area contributed by atoms with E-state index < -0.39 is 6.10 Å². The van der Waals surface area contributed by atoms with Gasteiger partial charge in [-0.3, -0.25) is 4.90 Å². The van der Waals surface area contributed by atoms with Crippen LogP contribution in [0.1, 0.15) is 11.1 Å². The number of ether oxygens (including phenoxy) is 3. The van der Waals surface area contributed by atoms with Crippen molar-refractivity contribution >= 4 is 0 Å². The Bertz CT molecular complexity index is 770. The topological polar surface area (TPSA) is 75.0 Å². The summed E-state index contributed by atoms with van der Waals surface area (Å²) in [5, 5.41) is 19.0. The lowest BCUT2D eigenvalue weighted by Gasteiger charge is -2.22. The van der Waals surface area contributed by atoms with E-state index in [4.69, 9.17) is 19.5 Å². The third-order valence-electron chi connectivity index (χ3n) is 4.01. The highest BCUT2D eigenvalue weighted by Gasteiger charge is 2.14. The fraction of sp³-hybridized carbons (Fsp3) is 0.350. The molecule has 0 fully saturated rings. The van der Waals surface area contributed by atoms with Crippen molar-refractivity contribution < 1.29 is 19.3 Å². The summed E-state index contributed by atoms with van der Waals surface area (Å²) in [6, 6.07) is 14.8. The zero-order chi connectivity index (χ0) is 18.4. The van der Waals surface area contributed by atoms with Gasteiger partial charge in [-0.05, 0) is 49.0 Å². The first-order chi connectivity index (χ1) is 12.6. The quantitative estimate of drug-likeness (QED) is 0.822. The van der Waals surface area contributed by atoms with Gasteiger partial charge in [0, 0.05) is 13.1 Å². The minimum Gasteiger partial charge on any atom is -0.491 e. The van der Waals surface area contributed by atoms with Crippen molar-refractivity contribution in [3.05, 3.63) is 53.6 Å². The zero-order valence-electron chi connectivity index (χ0n) is 14.7. The summed E-state index contributed by atoms with van der Waals surface area (Å²) in [4.78, 5) is 2.03. The second-order valence-electron chi connectivity index (χ2n) is 6.28. The molecule has 0 saturated carbocycles. The van der Waals surface area contributed by atoms with Crippen molar-refractivity contribution in [2.75, 3.05) is 33.4 Å². The highest BCUT2D eigenvalue weighted by atomic mass is 16.6. The van der Waals surface area contributed by atoms with Crippen LogP contribution in [-0.2, 0) is 6.54 Å². The number of hydrogen-bond donors (Lipinski definition) is 1. The summed E-state index contributed by atoms with van der Waals surface area (Å²) < 4.78 is 16.7. The summed E-state index contributed by atoms with van der Waals surface area (Å²) in [6.45, 7) is 2.50. The van der Waals surface area contributed by atoms with Crippen LogP contribution in [-0.4, -0.2) is 49.5 Å². The van der Waals surface area contributed by atoms with Crippen molar-refractivity contribution in [3.8, 4) is 23.3 Å². The first-order valence-corrected chi connectivity index (χ1v) is 8.52. The van der Waals surface area contributed by atoms with Gasteiger partial charge in [0.05, 0.1) is 11.6 Å². The van der Waals surface area contributed by atoms with E-state index in [1.807, 2.05) is 30.1 Å². The second-order valence-corrected chi connectivity index (χ2v) is 6.28. The van der Waals surface area contributed by atoms with E-state index in [0.717, 1.165) is 17.1 Å². The van der Waals surface area contributed by atoms with Gasteiger partial charge in [0.15, 0.2) is 11.5 Å². The lowest BCUT2D eigenvalue weighted by atomic mass is 10.2. The van der Waals surface area contributed by atoms with Crippen molar-refractivity contribution in [2.45, 2.75) is 12.6 Å². The number of nitriles is 1. The molecule has 1 atom stereocenters. The molecule has 6 heteroatoms. The van der Waals surface area contributed by atoms with E-state index >= 15 is 0 Å². The molecule has 0 amide bonds. The molecule has 2 aromatic rings. The van der Waals surface area contributed by atoms with Crippen LogP contribution in [0, 0.1) is 11.3 Å². The highest BCUT2D eigenvalue weighted by molar-refractivity contribution is 5.43. The molecule has 0 spiro atoms. The van der Waals surface area contributed by atoms with E-state index in [2.05, 4.69) is 6.07 Å². The van der Waals surface area contributed by atoms with Gasteiger partial charge in [-0.2, -0.15) is 5.26 Å². The second kappa shape index (κ2) is 8.56. The largest absolute Gasteiger partial charge is 0.491 e. The van der Waals surface area contributed by atoms with E-state index in [9.17, 15) is 5.11 Å². The average Bonchev–Trinajstić information content (AvgIpc) is 2.66. The monoisotopic (exact) mass is 354 g/mol. The maximum Gasteiger partial charge on any atom is 0.161 e. The molecule has 1 N–H and O–H groups in total. The summed E-state index contributed by atoms with van der Waals surface area (Å²) in [5.74, 6) is 2.18. The van der Waals surface area contributed by atoms with Gasteiger partial charge in [-0.25, -0.2) is 0 Å². The molecule has 1 unspecified atom stereocenters. The maximum absolute atomic E-state index is 10.2. The molecule has 0 aliphatic carbocycles. The fourth-order valence-corrected chi connectivity index (χ4v) is 2.79. The Kier molecular flexibility index (Phi) is 5.95. The number of likely N-dealkylation sites (N-methyl/N-ethyl adjacent to an activating group) is 1. The molecule has 26 heavy (non-hydrogen) atoms. The van der Waals surface area contributed by atoms with Crippen molar-refractivity contribution in [1.29, 1.82) is 5.26 Å². The molecule has 1 aliphatic heterocycles. The summed E-state index contributed by atoms with van der Waals surface area (Å²) >= 11 is 0. The van der Waals surface area contributed by atoms with Crippen LogP contribution in [0.4, 0.5) is 0 Å². The number of aliphatic hydroxyl groups excluding tert-OH is 1. The van der Waals surface area contributed by atoms with E-state index in [1.54, 1.807) is 24.3 Å². The molecule has 0 bridgehead atoms. The first-order valence-electron chi connectivity index (χ1n) is 8.52. The molecular formula is C20H22N2O4. The maximum atomic E-state index is 10.2. The smallest absolute Gasteiger partial charge is 0.161 e. The summed E-state index contributed by atoms with van der Waals surface area (Å²) in [7, 11) is 1.95. The summed E-state index contributed by atoms with van der Waals surface area (Å²) in [5.41, 5.74) is 1.68. The van der Waals surface area contributed by atoms with E-state index in [1.165, 1.54) is 0 Å². The number of nitrogens with zero attached hydrogens (tertiary/aromatic N) is 2. The number of fused-ring (bicyclic) bond motifs is 1. The van der Waals surface area contributed by atoms with Crippen molar-refractivity contribution in [2.24, 2.45) is 0 Å². The van der Waals surface area contributed by atoms with Gasteiger partial charge in [0.1, 0.15) is 31.7 Å². The third-order valence-corrected chi connectivity index (χ3v) is 4.01. The van der Waals surface area contributed by atoms with Gasteiger partial charge in [-0.1, -0.05) is 6.07 Å². The Morgan fingerprint density at radius 2 is 1.88 bits per heavy atom. The molecule has 3 rings (SSSR count). The number of aliphatic hydroxyl groups is 1. The van der Waals surface area contributed by atoms with Crippen LogP contribution in [0.25, 0.3) is 0 Å². The van der Waals surface area contributed by atoms with Gasteiger partial charge in [0.25, 0.3) is 0 Å². The molecule has 136 valence electrons. The molecule has 0 radical (unpaired) electrons. The van der Waals surface area contributed by atoms with Crippen LogP contribution in [0.2, 0.25) is 0 Å². The average molecular weight is 354 g/mol. The first kappa shape index (κ1) is 18.1. The molecule has 1 heterocycles. The lowest BCUT2D eigenvalue weighted by molar-refractivity contribution is 0.0743. The van der Waals surface area contributed by atoms with Gasteiger partial charge >= 0.3 is 0 Å². The Balaban J connectivity index is 1.46. The minimum atomic E-state index is -0.618. The normalized spacial score (nSPS) is 13.9. The number of hydrogen-bond acceptors (Lipinski definition) is 6. The molecule has 0 aromatic heterocycles. The Labute approximate surface area is 153 Å². The van der Waals surface area contributed by atoms with Crippen LogP contribution in [0.15, 0.2) is 42.5 Å². The predicted molar refractivity (Wildman–Crippen MR) is 96.4 cm³/mol. The van der Waals surface area contributed by atoms with E-state index in [0.29, 0.717) is 37.6 Å². The van der Waals surface area contributed by atoms with Crippen LogP contribution < -0.4 is 14.2 Å². The lowest BCUT2D eigenvalue weighted by Crippen LogP contribution is -2.32. The molecule has 6 nitrogen and oxygen atoms in total. The molecule has 2 aromatic carbocycles. The van der Waals surface area contributed by atoms with Crippen LogP contribution in [0.5, 0.6) is 17.2 Å². The van der Waals surface area contributed by atoms with Gasteiger partial charge in [0.2, 0.25) is 0 Å².